The zero-order valence-electron chi connectivity index (χ0n) is 18.0. The normalized spacial score (nSPS) is 15.1. The van der Waals surface area contributed by atoms with Crippen molar-refractivity contribution in [2.75, 3.05) is 20.8 Å². The maximum absolute atomic E-state index is 13.5. The molecule has 1 atom stereocenters. The number of nitrogens with zero attached hydrogens (tertiary/aromatic N) is 2. The lowest BCUT2D eigenvalue weighted by Gasteiger charge is -2.38. The standard InChI is InChI=1S/C25H24N2O5/c1-31-22-14-18-12-13-26(24(28)15-19-10-6-7-11-21(19)27(29)30)25(17-8-4-3-5-9-17)20(18)16-23(22)32-2/h3-11,14,16,25H,12-13,15H2,1-2H3. The Hall–Kier alpha value is -3.87. The molecule has 3 aromatic carbocycles. The number of rotatable bonds is 6. The van der Waals surface area contributed by atoms with E-state index < -0.39 is 4.92 Å². The highest BCUT2D eigenvalue weighted by Gasteiger charge is 2.34. The highest BCUT2D eigenvalue weighted by atomic mass is 16.6. The first-order valence-corrected chi connectivity index (χ1v) is 10.3. The summed E-state index contributed by atoms with van der Waals surface area (Å²) in [6, 6.07) is 19.7. The number of carbonyl (C=O) groups excluding carboxylic acids is 1. The summed E-state index contributed by atoms with van der Waals surface area (Å²) in [6.45, 7) is 0.501. The van der Waals surface area contributed by atoms with Crippen molar-refractivity contribution in [3.05, 3.63) is 99.1 Å². The smallest absolute Gasteiger partial charge is 0.273 e. The van der Waals surface area contributed by atoms with E-state index in [0.29, 0.717) is 30.0 Å². The fourth-order valence-electron chi connectivity index (χ4n) is 4.31. The van der Waals surface area contributed by atoms with Gasteiger partial charge in [-0.2, -0.15) is 0 Å². The number of para-hydroxylation sites is 1. The summed E-state index contributed by atoms with van der Waals surface area (Å²) < 4.78 is 11.0. The Morgan fingerprint density at radius 1 is 1.03 bits per heavy atom. The number of fused-ring (bicyclic) bond motifs is 1. The molecule has 0 spiro atoms. The van der Waals surface area contributed by atoms with Crippen molar-refractivity contribution in [2.45, 2.75) is 18.9 Å². The monoisotopic (exact) mass is 432 g/mol. The minimum atomic E-state index is -0.445. The number of hydrogen-bond acceptors (Lipinski definition) is 5. The van der Waals surface area contributed by atoms with Gasteiger partial charge < -0.3 is 14.4 Å². The number of ether oxygens (including phenoxy) is 2. The average Bonchev–Trinajstić information content (AvgIpc) is 2.83. The second kappa shape index (κ2) is 9.09. The molecule has 0 fully saturated rings. The number of methoxy groups -OCH3 is 2. The van der Waals surface area contributed by atoms with Gasteiger partial charge in [-0.05, 0) is 35.2 Å². The minimum Gasteiger partial charge on any atom is -0.493 e. The minimum absolute atomic E-state index is 0.0386. The van der Waals surface area contributed by atoms with E-state index in [2.05, 4.69) is 0 Å². The molecule has 3 aromatic rings. The van der Waals surface area contributed by atoms with Crippen LogP contribution in [0, 0.1) is 10.1 Å². The lowest BCUT2D eigenvalue weighted by molar-refractivity contribution is -0.385. The van der Waals surface area contributed by atoms with E-state index in [1.807, 2.05) is 42.5 Å². The van der Waals surface area contributed by atoms with Gasteiger partial charge in [-0.15, -0.1) is 0 Å². The lowest BCUT2D eigenvalue weighted by Crippen LogP contribution is -2.41. The van der Waals surface area contributed by atoms with Gasteiger partial charge in [0.1, 0.15) is 0 Å². The van der Waals surface area contributed by atoms with Crippen LogP contribution in [-0.2, 0) is 17.6 Å². The van der Waals surface area contributed by atoms with Gasteiger partial charge in [-0.1, -0.05) is 48.5 Å². The molecule has 1 unspecified atom stereocenters. The van der Waals surface area contributed by atoms with Gasteiger partial charge in [-0.25, -0.2) is 0 Å². The fraction of sp³-hybridized carbons (Fsp3) is 0.240. The van der Waals surface area contributed by atoms with Gasteiger partial charge >= 0.3 is 0 Å². The summed E-state index contributed by atoms with van der Waals surface area (Å²) in [5.41, 5.74) is 3.40. The van der Waals surface area contributed by atoms with Crippen LogP contribution in [0.3, 0.4) is 0 Å². The molecule has 0 aromatic heterocycles. The molecule has 0 saturated carbocycles. The van der Waals surface area contributed by atoms with E-state index in [1.165, 1.54) is 6.07 Å². The van der Waals surface area contributed by atoms with Crippen molar-refractivity contribution in [2.24, 2.45) is 0 Å². The van der Waals surface area contributed by atoms with Crippen LogP contribution in [0.25, 0.3) is 0 Å². The Morgan fingerprint density at radius 2 is 1.69 bits per heavy atom. The SMILES string of the molecule is COc1cc2c(cc1OC)C(c1ccccc1)N(C(=O)Cc1ccccc1[N+](=O)[O-])CC2. The number of amides is 1. The van der Waals surface area contributed by atoms with Crippen LogP contribution >= 0.6 is 0 Å². The molecule has 32 heavy (non-hydrogen) atoms. The Morgan fingerprint density at radius 3 is 2.38 bits per heavy atom. The Labute approximate surface area is 186 Å². The van der Waals surface area contributed by atoms with Crippen LogP contribution in [0.15, 0.2) is 66.7 Å². The first kappa shape index (κ1) is 21.4. The molecule has 4 rings (SSSR count). The van der Waals surface area contributed by atoms with Crippen molar-refractivity contribution >= 4 is 11.6 Å². The molecule has 1 amide bonds. The Balaban J connectivity index is 1.76. The fourth-order valence-corrected chi connectivity index (χ4v) is 4.31. The quantitative estimate of drug-likeness (QED) is 0.428. The second-order valence-corrected chi connectivity index (χ2v) is 7.62. The number of benzene rings is 3. The zero-order valence-corrected chi connectivity index (χ0v) is 18.0. The van der Waals surface area contributed by atoms with Gasteiger partial charge in [-0.3, -0.25) is 14.9 Å². The van der Waals surface area contributed by atoms with Crippen LogP contribution in [0.2, 0.25) is 0 Å². The Bertz CT molecular complexity index is 1150. The van der Waals surface area contributed by atoms with Gasteiger partial charge in [0.15, 0.2) is 11.5 Å². The molecule has 0 radical (unpaired) electrons. The van der Waals surface area contributed by atoms with E-state index in [9.17, 15) is 14.9 Å². The van der Waals surface area contributed by atoms with Crippen LogP contribution in [0.1, 0.15) is 28.3 Å². The lowest BCUT2D eigenvalue weighted by atomic mass is 9.87. The van der Waals surface area contributed by atoms with Crippen LogP contribution < -0.4 is 9.47 Å². The molecule has 0 aliphatic carbocycles. The number of nitro benzene ring substituents is 1. The predicted molar refractivity (Wildman–Crippen MR) is 120 cm³/mol. The van der Waals surface area contributed by atoms with Crippen molar-refractivity contribution in [1.82, 2.24) is 4.90 Å². The van der Waals surface area contributed by atoms with Gasteiger partial charge in [0, 0.05) is 18.2 Å². The molecule has 0 bridgehead atoms. The van der Waals surface area contributed by atoms with E-state index in [-0.39, 0.29) is 24.1 Å². The number of hydrogen-bond donors (Lipinski definition) is 0. The Kier molecular flexibility index (Phi) is 6.07. The zero-order chi connectivity index (χ0) is 22.7. The average molecular weight is 432 g/mol. The molecule has 7 heteroatoms. The molecule has 0 N–H and O–H groups in total. The summed E-state index contributed by atoms with van der Waals surface area (Å²) in [6.07, 6.45) is 0.616. The summed E-state index contributed by atoms with van der Waals surface area (Å²) in [4.78, 5) is 26.2. The summed E-state index contributed by atoms with van der Waals surface area (Å²) in [5, 5.41) is 11.4. The third-order valence-electron chi connectivity index (χ3n) is 5.84. The number of carbonyl (C=O) groups is 1. The number of nitro groups is 1. The van der Waals surface area contributed by atoms with Crippen LogP contribution in [0.4, 0.5) is 5.69 Å². The first-order valence-electron chi connectivity index (χ1n) is 10.3. The second-order valence-electron chi connectivity index (χ2n) is 7.62. The molecular weight excluding hydrogens is 408 g/mol. The van der Waals surface area contributed by atoms with Gasteiger partial charge in [0.05, 0.1) is 31.6 Å². The topological polar surface area (TPSA) is 81.9 Å². The molecule has 0 saturated heterocycles. The van der Waals surface area contributed by atoms with E-state index >= 15 is 0 Å². The summed E-state index contributed by atoms with van der Waals surface area (Å²) >= 11 is 0. The van der Waals surface area contributed by atoms with Crippen molar-refractivity contribution in [3.63, 3.8) is 0 Å². The summed E-state index contributed by atoms with van der Waals surface area (Å²) in [7, 11) is 3.19. The van der Waals surface area contributed by atoms with Crippen LogP contribution in [0.5, 0.6) is 11.5 Å². The van der Waals surface area contributed by atoms with Gasteiger partial charge in [0.2, 0.25) is 5.91 Å². The van der Waals surface area contributed by atoms with Crippen molar-refractivity contribution in [3.8, 4) is 11.5 Å². The van der Waals surface area contributed by atoms with E-state index in [4.69, 9.17) is 9.47 Å². The summed E-state index contributed by atoms with van der Waals surface area (Å²) in [5.74, 6) is 1.09. The highest BCUT2D eigenvalue weighted by Crippen LogP contribution is 2.41. The first-order chi connectivity index (χ1) is 15.5. The third-order valence-corrected chi connectivity index (χ3v) is 5.84. The maximum Gasteiger partial charge on any atom is 0.273 e. The molecule has 164 valence electrons. The van der Waals surface area contributed by atoms with E-state index in [1.54, 1.807) is 37.3 Å². The predicted octanol–water partition coefficient (Wildman–Crippen LogP) is 4.33. The third kappa shape index (κ3) is 4.01. The van der Waals surface area contributed by atoms with Gasteiger partial charge in [0.25, 0.3) is 5.69 Å². The molecule has 7 nitrogen and oxygen atoms in total. The molecule has 1 aliphatic heterocycles. The maximum atomic E-state index is 13.5. The largest absolute Gasteiger partial charge is 0.493 e. The van der Waals surface area contributed by atoms with E-state index in [0.717, 1.165) is 16.7 Å². The van der Waals surface area contributed by atoms with Crippen molar-refractivity contribution in [1.29, 1.82) is 0 Å². The molecular formula is C25H24N2O5. The van der Waals surface area contributed by atoms with Crippen molar-refractivity contribution < 1.29 is 19.2 Å². The molecule has 1 aliphatic rings. The van der Waals surface area contributed by atoms with Crippen LogP contribution in [-0.4, -0.2) is 36.5 Å². The highest BCUT2D eigenvalue weighted by molar-refractivity contribution is 5.81. The molecule has 1 heterocycles.